The van der Waals surface area contributed by atoms with Gasteiger partial charge in [-0.3, -0.25) is 0 Å². The average molecular weight is 411 g/mol. The number of benzene rings is 2. The van der Waals surface area contributed by atoms with Crippen molar-refractivity contribution in [1.29, 1.82) is 0 Å². The van der Waals surface area contributed by atoms with Gasteiger partial charge in [-0.15, -0.1) is 12.4 Å². The van der Waals surface area contributed by atoms with Gasteiger partial charge in [-0.25, -0.2) is 9.18 Å². The first-order chi connectivity index (χ1) is 13.0. The molecule has 1 aliphatic heterocycles. The largest absolute Gasteiger partial charge is 0.484 e. The molecule has 3 rings (SSSR count). The molecule has 1 atom stereocenters. The maximum absolute atomic E-state index is 14.4. The van der Waals surface area contributed by atoms with Gasteiger partial charge in [0, 0.05) is 30.8 Å². The fraction of sp³-hybridized carbons (Fsp3) is 0.350. The third kappa shape index (κ3) is 5.74. The predicted molar refractivity (Wildman–Crippen MR) is 106 cm³/mol. The number of nitrogen functional groups attached to an aromatic ring is 1. The molecular formula is C20H24ClFN2O4. The highest BCUT2D eigenvalue weighted by molar-refractivity contribution is 5.85. The summed E-state index contributed by atoms with van der Waals surface area (Å²) in [4.78, 5) is 13.6. The molecule has 0 spiro atoms. The van der Waals surface area contributed by atoms with Gasteiger partial charge in [-0.1, -0.05) is 30.3 Å². The van der Waals surface area contributed by atoms with Crippen LogP contribution in [0.2, 0.25) is 0 Å². The minimum Gasteiger partial charge on any atom is -0.484 e. The van der Waals surface area contributed by atoms with Crippen molar-refractivity contribution in [3.63, 3.8) is 0 Å². The Hall–Kier alpha value is -2.51. The molecule has 8 heteroatoms. The van der Waals surface area contributed by atoms with Gasteiger partial charge in [0.15, 0.2) is 11.6 Å². The summed E-state index contributed by atoms with van der Waals surface area (Å²) < 4.78 is 30.7. The summed E-state index contributed by atoms with van der Waals surface area (Å²) in [7, 11) is 1.58. The van der Waals surface area contributed by atoms with Crippen molar-refractivity contribution >= 4 is 24.2 Å². The van der Waals surface area contributed by atoms with Crippen LogP contribution in [0.15, 0.2) is 42.5 Å². The second kappa shape index (κ2) is 10.1. The van der Waals surface area contributed by atoms with Crippen LogP contribution in [0.1, 0.15) is 17.5 Å². The van der Waals surface area contributed by atoms with Crippen molar-refractivity contribution in [3.8, 4) is 5.75 Å². The monoisotopic (exact) mass is 410 g/mol. The summed E-state index contributed by atoms with van der Waals surface area (Å²) in [6.07, 6.45) is -0.0351. The quantitative estimate of drug-likeness (QED) is 0.734. The molecular weight excluding hydrogens is 387 g/mol. The summed E-state index contributed by atoms with van der Waals surface area (Å²) in [6.45, 7) is 1.27. The van der Waals surface area contributed by atoms with E-state index in [0.29, 0.717) is 25.2 Å². The minimum absolute atomic E-state index is 0. The standard InChI is InChI=1S/C20H23FN2O4.ClH/c1-23(20(24)26-12-14-5-3-2-4-6-14)11-15-9-16(22)10-18(21)19(15)27-17-7-8-25-13-17;/h2-6,9-10,17H,7-8,11-13,22H2,1H3;1H/t17-;/m1./s1. The number of hydrogen-bond donors (Lipinski definition) is 1. The van der Waals surface area contributed by atoms with Crippen LogP contribution in [0, 0.1) is 5.82 Å². The molecule has 0 bridgehead atoms. The van der Waals surface area contributed by atoms with Crippen molar-refractivity contribution in [2.24, 2.45) is 0 Å². The third-order valence-electron chi connectivity index (χ3n) is 4.24. The Morgan fingerprint density at radius 1 is 1.32 bits per heavy atom. The lowest BCUT2D eigenvalue weighted by atomic mass is 10.1. The Kier molecular flexibility index (Phi) is 7.90. The molecule has 6 nitrogen and oxygen atoms in total. The second-order valence-electron chi connectivity index (χ2n) is 6.49. The van der Waals surface area contributed by atoms with E-state index in [1.807, 2.05) is 30.3 Å². The molecule has 1 fully saturated rings. The zero-order chi connectivity index (χ0) is 19.2. The van der Waals surface area contributed by atoms with Crippen LogP contribution in [-0.4, -0.2) is 37.4 Å². The smallest absolute Gasteiger partial charge is 0.410 e. The highest BCUT2D eigenvalue weighted by Gasteiger charge is 2.23. The van der Waals surface area contributed by atoms with Gasteiger partial charge in [-0.2, -0.15) is 0 Å². The van der Waals surface area contributed by atoms with Gasteiger partial charge in [0.1, 0.15) is 12.7 Å². The minimum atomic E-state index is -0.553. The van der Waals surface area contributed by atoms with Crippen molar-refractivity contribution < 1.29 is 23.4 Å². The number of nitrogens with two attached hydrogens (primary N) is 1. The van der Waals surface area contributed by atoms with E-state index in [1.54, 1.807) is 13.1 Å². The van der Waals surface area contributed by atoms with E-state index in [2.05, 4.69) is 0 Å². The molecule has 0 unspecified atom stereocenters. The van der Waals surface area contributed by atoms with E-state index in [-0.39, 0.29) is 43.1 Å². The summed E-state index contributed by atoms with van der Waals surface area (Å²) in [5, 5.41) is 0. The fourth-order valence-corrected chi connectivity index (χ4v) is 2.85. The lowest BCUT2D eigenvalue weighted by Crippen LogP contribution is -2.28. The van der Waals surface area contributed by atoms with E-state index in [9.17, 15) is 9.18 Å². The van der Waals surface area contributed by atoms with Crippen LogP contribution in [0.25, 0.3) is 0 Å². The number of carbonyl (C=O) groups excluding carboxylic acids is 1. The molecule has 1 amide bonds. The zero-order valence-corrected chi connectivity index (χ0v) is 16.4. The zero-order valence-electron chi connectivity index (χ0n) is 15.6. The maximum atomic E-state index is 14.4. The van der Waals surface area contributed by atoms with Gasteiger partial charge in [0.2, 0.25) is 0 Å². The van der Waals surface area contributed by atoms with E-state index < -0.39 is 11.9 Å². The molecule has 1 heterocycles. The van der Waals surface area contributed by atoms with E-state index in [0.717, 1.165) is 5.56 Å². The molecule has 2 aromatic carbocycles. The van der Waals surface area contributed by atoms with Crippen LogP contribution in [0.3, 0.4) is 0 Å². The molecule has 2 N–H and O–H groups in total. The van der Waals surface area contributed by atoms with Crippen LogP contribution in [-0.2, 0) is 22.6 Å². The Morgan fingerprint density at radius 2 is 2.07 bits per heavy atom. The lowest BCUT2D eigenvalue weighted by molar-refractivity contribution is 0.101. The number of rotatable bonds is 6. The highest BCUT2D eigenvalue weighted by Crippen LogP contribution is 2.29. The van der Waals surface area contributed by atoms with Crippen molar-refractivity contribution in [3.05, 3.63) is 59.4 Å². The van der Waals surface area contributed by atoms with Gasteiger partial charge in [0.25, 0.3) is 0 Å². The first-order valence-corrected chi connectivity index (χ1v) is 8.77. The van der Waals surface area contributed by atoms with E-state index in [4.69, 9.17) is 19.9 Å². The summed E-state index contributed by atoms with van der Waals surface area (Å²) >= 11 is 0. The molecule has 0 aromatic heterocycles. The van der Waals surface area contributed by atoms with Gasteiger partial charge in [-0.05, 0) is 11.6 Å². The van der Waals surface area contributed by atoms with Crippen molar-refractivity contribution in [2.45, 2.75) is 25.7 Å². The third-order valence-corrected chi connectivity index (χ3v) is 4.24. The average Bonchev–Trinajstić information content (AvgIpc) is 3.16. The molecule has 1 saturated heterocycles. The molecule has 152 valence electrons. The van der Waals surface area contributed by atoms with E-state index >= 15 is 0 Å². The summed E-state index contributed by atoms with van der Waals surface area (Å²) in [5.41, 5.74) is 7.41. The Labute approximate surface area is 169 Å². The number of nitrogens with zero attached hydrogens (tertiary/aromatic N) is 1. The Morgan fingerprint density at radius 3 is 2.75 bits per heavy atom. The number of hydrogen-bond acceptors (Lipinski definition) is 5. The number of ether oxygens (including phenoxy) is 3. The van der Waals surface area contributed by atoms with Crippen LogP contribution >= 0.6 is 12.4 Å². The van der Waals surface area contributed by atoms with Gasteiger partial charge < -0.3 is 24.8 Å². The summed E-state index contributed by atoms with van der Waals surface area (Å²) in [6, 6.07) is 12.2. The predicted octanol–water partition coefficient (Wildman–Crippen LogP) is 3.77. The van der Waals surface area contributed by atoms with Crippen molar-refractivity contribution in [1.82, 2.24) is 4.90 Å². The molecule has 28 heavy (non-hydrogen) atoms. The molecule has 0 aliphatic carbocycles. The fourth-order valence-electron chi connectivity index (χ4n) is 2.85. The molecule has 2 aromatic rings. The van der Waals surface area contributed by atoms with Crippen LogP contribution in [0.5, 0.6) is 5.75 Å². The van der Waals surface area contributed by atoms with Crippen molar-refractivity contribution in [2.75, 3.05) is 26.0 Å². The Bertz CT molecular complexity index is 785. The SMILES string of the molecule is CN(Cc1cc(N)cc(F)c1O[C@@H]1CCOC1)C(=O)OCc1ccccc1.Cl. The molecule has 0 saturated carbocycles. The molecule has 1 aliphatic rings. The number of halogens is 2. The maximum Gasteiger partial charge on any atom is 0.410 e. The second-order valence-corrected chi connectivity index (χ2v) is 6.49. The van der Waals surface area contributed by atoms with Gasteiger partial charge >= 0.3 is 6.09 Å². The molecule has 0 radical (unpaired) electrons. The normalized spacial score (nSPS) is 15.6. The highest BCUT2D eigenvalue weighted by atomic mass is 35.5. The first-order valence-electron chi connectivity index (χ1n) is 8.77. The number of amides is 1. The first kappa shape index (κ1) is 21.8. The summed E-state index contributed by atoms with van der Waals surface area (Å²) in [5.74, 6) is -0.453. The van der Waals surface area contributed by atoms with Crippen LogP contribution < -0.4 is 10.5 Å². The van der Waals surface area contributed by atoms with Gasteiger partial charge in [0.05, 0.1) is 19.8 Å². The Balaban J connectivity index is 0.00000280. The lowest BCUT2D eigenvalue weighted by Gasteiger charge is -2.21. The number of anilines is 1. The van der Waals surface area contributed by atoms with E-state index in [1.165, 1.54) is 11.0 Å². The van der Waals surface area contributed by atoms with Crippen LogP contribution in [0.4, 0.5) is 14.9 Å². The topological polar surface area (TPSA) is 74.0 Å². The number of carbonyl (C=O) groups is 1.